The van der Waals surface area contributed by atoms with E-state index in [0.717, 1.165) is 44.8 Å². The SMILES string of the molecule is CCN(CC)C(CNC(=O)CN1CCCC(C2OCCO2)C1)c1ccco1. The van der Waals surface area contributed by atoms with Gasteiger partial charge in [0, 0.05) is 19.0 Å². The zero-order chi connectivity index (χ0) is 19.1. The molecule has 152 valence electrons. The van der Waals surface area contributed by atoms with Gasteiger partial charge in [-0.3, -0.25) is 14.6 Å². The van der Waals surface area contributed by atoms with Gasteiger partial charge in [-0.1, -0.05) is 13.8 Å². The van der Waals surface area contributed by atoms with Crippen molar-refractivity contribution < 1.29 is 18.7 Å². The molecule has 1 N–H and O–H groups in total. The van der Waals surface area contributed by atoms with Crippen molar-refractivity contribution in [2.45, 2.75) is 39.0 Å². The van der Waals surface area contributed by atoms with Crippen LogP contribution in [0, 0.1) is 5.92 Å². The molecule has 0 spiro atoms. The van der Waals surface area contributed by atoms with E-state index in [1.54, 1.807) is 6.26 Å². The lowest BCUT2D eigenvalue weighted by molar-refractivity contribution is -0.125. The van der Waals surface area contributed by atoms with Crippen LogP contribution in [-0.2, 0) is 14.3 Å². The Balaban J connectivity index is 1.48. The molecule has 0 saturated carbocycles. The highest BCUT2D eigenvalue weighted by Gasteiger charge is 2.31. The Morgan fingerprint density at radius 1 is 1.33 bits per heavy atom. The van der Waals surface area contributed by atoms with Crippen LogP contribution >= 0.6 is 0 Å². The second-order valence-electron chi connectivity index (χ2n) is 7.30. The molecule has 7 nitrogen and oxygen atoms in total. The van der Waals surface area contributed by atoms with Crippen molar-refractivity contribution in [3.05, 3.63) is 24.2 Å². The summed E-state index contributed by atoms with van der Waals surface area (Å²) in [6.07, 6.45) is 3.78. The van der Waals surface area contributed by atoms with Crippen molar-refractivity contribution in [1.82, 2.24) is 15.1 Å². The van der Waals surface area contributed by atoms with Crippen LogP contribution in [0.4, 0.5) is 0 Å². The number of carbonyl (C=O) groups excluding carboxylic acids is 1. The lowest BCUT2D eigenvalue weighted by atomic mass is 9.97. The highest BCUT2D eigenvalue weighted by molar-refractivity contribution is 5.78. The Labute approximate surface area is 162 Å². The van der Waals surface area contributed by atoms with Gasteiger partial charge in [0.1, 0.15) is 5.76 Å². The van der Waals surface area contributed by atoms with Gasteiger partial charge in [0.15, 0.2) is 6.29 Å². The summed E-state index contributed by atoms with van der Waals surface area (Å²) in [6, 6.07) is 3.94. The maximum absolute atomic E-state index is 12.5. The first-order valence-corrected chi connectivity index (χ1v) is 10.2. The van der Waals surface area contributed by atoms with E-state index < -0.39 is 0 Å². The molecule has 0 aromatic carbocycles. The fourth-order valence-electron chi connectivity index (χ4n) is 4.13. The van der Waals surface area contributed by atoms with Crippen LogP contribution in [0.15, 0.2) is 22.8 Å². The van der Waals surface area contributed by atoms with Crippen molar-refractivity contribution in [3.63, 3.8) is 0 Å². The first-order valence-electron chi connectivity index (χ1n) is 10.2. The molecule has 1 aromatic heterocycles. The predicted molar refractivity (Wildman–Crippen MR) is 102 cm³/mol. The van der Waals surface area contributed by atoms with Gasteiger partial charge < -0.3 is 19.2 Å². The van der Waals surface area contributed by atoms with Gasteiger partial charge in [-0.05, 0) is 44.6 Å². The third-order valence-corrected chi connectivity index (χ3v) is 5.56. The molecular weight excluding hydrogens is 346 g/mol. The summed E-state index contributed by atoms with van der Waals surface area (Å²) in [5.41, 5.74) is 0. The van der Waals surface area contributed by atoms with Crippen LogP contribution in [0.1, 0.15) is 38.5 Å². The molecule has 7 heteroatoms. The highest BCUT2D eigenvalue weighted by atomic mass is 16.7. The molecule has 1 amide bonds. The van der Waals surface area contributed by atoms with Crippen LogP contribution in [0.2, 0.25) is 0 Å². The number of carbonyl (C=O) groups is 1. The summed E-state index contributed by atoms with van der Waals surface area (Å²) in [5.74, 6) is 1.32. The first kappa shape index (κ1) is 20.3. The van der Waals surface area contributed by atoms with E-state index in [0.29, 0.717) is 32.2 Å². The molecule has 2 unspecified atom stereocenters. The van der Waals surface area contributed by atoms with E-state index >= 15 is 0 Å². The zero-order valence-electron chi connectivity index (χ0n) is 16.6. The van der Waals surface area contributed by atoms with Crippen molar-refractivity contribution in [2.24, 2.45) is 5.92 Å². The molecule has 2 aliphatic rings. The first-order chi connectivity index (χ1) is 13.2. The number of nitrogens with one attached hydrogen (secondary N) is 1. The molecule has 3 heterocycles. The Bertz CT molecular complexity index is 556. The van der Waals surface area contributed by atoms with E-state index in [1.807, 2.05) is 12.1 Å². The number of furan rings is 1. The quantitative estimate of drug-likeness (QED) is 0.706. The van der Waals surface area contributed by atoms with Gasteiger partial charge in [-0.2, -0.15) is 0 Å². The molecule has 2 saturated heterocycles. The maximum Gasteiger partial charge on any atom is 0.234 e. The van der Waals surface area contributed by atoms with Crippen LogP contribution < -0.4 is 5.32 Å². The molecule has 27 heavy (non-hydrogen) atoms. The van der Waals surface area contributed by atoms with Crippen molar-refractivity contribution in [1.29, 1.82) is 0 Å². The number of hydrogen-bond acceptors (Lipinski definition) is 6. The van der Waals surface area contributed by atoms with E-state index in [2.05, 4.69) is 29.0 Å². The van der Waals surface area contributed by atoms with Gasteiger partial charge in [0.2, 0.25) is 5.91 Å². The zero-order valence-corrected chi connectivity index (χ0v) is 16.6. The summed E-state index contributed by atoms with van der Waals surface area (Å²) in [5, 5.41) is 3.11. The van der Waals surface area contributed by atoms with Gasteiger partial charge >= 0.3 is 0 Å². The average molecular weight is 380 g/mol. The molecule has 0 aliphatic carbocycles. The summed E-state index contributed by atoms with van der Waals surface area (Å²) < 4.78 is 16.9. The third kappa shape index (κ3) is 5.54. The predicted octanol–water partition coefficient (Wildman–Crippen LogP) is 1.86. The number of ether oxygens (including phenoxy) is 2. The Morgan fingerprint density at radius 3 is 2.78 bits per heavy atom. The van der Waals surface area contributed by atoms with E-state index in [1.165, 1.54) is 0 Å². The normalized spacial score (nSPS) is 23.0. The fraction of sp³-hybridized carbons (Fsp3) is 0.750. The minimum atomic E-state index is -0.0955. The number of likely N-dealkylation sites (N-methyl/N-ethyl adjacent to an activating group) is 1. The van der Waals surface area contributed by atoms with Crippen LogP contribution in [0.25, 0.3) is 0 Å². The second kappa shape index (κ2) is 10.2. The lowest BCUT2D eigenvalue weighted by Gasteiger charge is -2.34. The van der Waals surface area contributed by atoms with Crippen molar-refractivity contribution in [2.75, 3.05) is 52.5 Å². The van der Waals surface area contributed by atoms with Gasteiger partial charge in [0.25, 0.3) is 0 Å². The van der Waals surface area contributed by atoms with Crippen LogP contribution in [0.3, 0.4) is 0 Å². The average Bonchev–Trinajstić information content (AvgIpc) is 3.39. The molecule has 0 bridgehead atoms. The molecule has 3 rings (SSSR count). The molecular formula is C20H33N3O4. The molecule has 0 radical (unpaired) electrons. The van der Waals surface area contributed by atoms with Crippen LogP contribution in [-0.4, -0.2) is 74.5 Å². The summed E-state index contributed by atoms with van der Waals surface area (Å²) >= 11 is 0. The van der Waals surface area contributed by atoms with E-state index in [9.17, 15) is 4.79 Å². The number of piperidine rings is 1. The van der Waals surface area contributed by atoms with Crippen LogP contribution in [0.5, 0.6) is 0 Å². The topological polar surface area (TPSA) is 67.2 Å². The summed E-state index contributed by atoms with van der Waals surface area (Å²) in [7, 11) is 0. The minimum absolute atomic E-state index is 0.0626. The van der Waals surface area contributed by atoms with E-state index in [-0.39, 0.29) is 18.2 Å². The Morgan fingerprint density at radius 2 is 2.11 bits per heavy atom. The van der Waals surface area contributed by atoms with Crippen molar-refractivity contribution in [3.8, 4) is 0 Å². The van der Waals surface area contributed by atoms with Crippen molar-refractivity contribution >= 4 is 5.91 Å². The lowest BCUT2D eigenvalue weighted by Crippen LogP contribution is -2.46. The summed E-state index contributed by atoms with van der Waals surface area (Å²) in [4.78, 5) is 17.1. The number of rotatable bonds is 9. The number of likely N-dealkylation sites (tertiary alicyclic amines) is 1. The fourth-order valence-corrected chi connectivity index (χ4v) is 4.13. The summed E-state index contributed by atoms with van der Waals surface area (Å²) in [6.45, 7) is 10.2. The smallest absolute Gasteiger partial charge is 0.234 e. The number of hydrogen-bond donors (Lipinski definition) is 1. The maximum atomic E-state index is 12.5. The highest BCUT2D eigenvalue weighted by Crippen LogP contribution is 2.25. The third-order valence-electron chi connectivity index (χ3n) is 5.56. The largest absolute Gasteiger partial charge is 0.468 e. The van der Waals surface area contributed by atoms with Gasteiger partial charge in [0.05, 0.1) is 32.1 Å². The van der Waals surface area contributed by atoms with Gasteiger partial charge in [-0.25, -0.2) is 0 Å². The second-order valence-corrected chi connectivity index (χ2v) is 7.30. The number of nitrogens with zero attached hydrogens (tertiary/aromatic N) is 2. The Kier molecular flexibility index (Phi) is 7.70. The Hall–Kier alpha value is -1.41. The minimum Gasteiger partial charge on any atom is -0.468 e. The van der Waals surface area contributed by atoms with E-state index in [4.69, 9.17) is 13.9 Å². The molecule has 2 aliphatic heterocycles. The molecule has 2 fully saturated rings. The van der Waals surface area contributed by atoms with Gasteiger partial charge in [-0.15, -0.1) is 0 Å². The number of amides is 1. The standard InChI is InChI=1S/C20H33N3O4/c1-3-23(4-2)17(18-8-6-10-25-18)13-21-19(24)15-22-9-5-7-16(14-22)20-26-11-12-27-20/h6,8,10,16-17,20H,3-5,7,9,11-15H2,1-2H3,(H,21,24). The monoisotopic (exact) mass is 379 g/mol. The molecule has 1 aromatic rings. The molecule has 2 atom stereocenters.